The number of hydrogen-bond acceptors (Lipinski definition) is 13. The van der Waals surface area contributed by atoms with E-state index >= 15 is 0 Å². The van der Waals surface area contributed by atoms with Crippen LogP contribution >= 0.6 is 0 Å². The number of tetrazole rings is 1. The molecule has 6 N–H and O–H groups in total. The van der Waals surface area contributed by atoms with Crippen LogP contribution in [0.3, 0.4) is 0 Å². The number of sulfonamides is 1. The molecule has 282 valence electrons. The Kier molecular flexibility index (Phi) is 21.6. The molecule has 1 unspecified atom stereocenters. The van der Waals surface area contributed by atoms with Gasteiger partial charge >= 0.3 is 11.9 Å². The summed E-state index contributed by atoms with van der Waals surface area (Å²) >= 11 is 0. The van der Waals surface area contributed by atoms with E-state index in [1.54, 1.807) is 0 Å². The number of ketones is 2. The molecule has 1 rings (SSSR count). The molecule has 50 heavy (non-hydrogen) atoms. The lowest BCUT2D eigenvalue weighted by Crippen LogP contribution is -2.41. The summed E-state index contributed by atoms with van der Waals surface area (Å²) < 4.78 is 31.4. The molecule has 0 saturated heterocycles. The first kappa shape index (κ1) is 43.7. The maximum atomic E-state index is 12.4. The molecule has 2 atom stereocenters. The SMILES string of the molecule is CCCOCCCC(=O)CCC(NC(=O)CC[C@H](CC(=O)CCCNC(=O)CCCS(=O)(=O)NC(=O)CCCc1nn[nH]n1)C(=O)O)C(=O)O. The van der Waals surface area contributed by atoms with Gasteiger partial charge in [0.2, 0.25) is 27.7 Å². The first-order chi connectivity index (χ1) is 23.7. The zero-order chi connectivity index (χ0) is 37.4. The molecule has 0 aliphatic carbocycles. The van der Waals surface area contributed by atoms with Crippen molar-refractivity contribution in [2.24, 2.45) is 5.92 Å². The van der Waals surface area contributed by atoms with Crippen molar-refractivity contribution in [1.29, 1.82) is 0 Å². The van der Waals surface area contributed by atoms with Crippen LogP contribution < -0.4 is 15.4 Å². The third-order valence-electron chi connectivity index (χ3n) is 7.22. The van der Waals surface area contributed by atoms with E-state index in [0.717, 1.165) is 6.42 Å². The number of H-pyrrole nitrogens is 1. The molecule has 20 heteroatoms. The Labute approximate surface area is 290 Å². The monoisotopic (exact) mass is 731 g/mol. The maximum Gasteiger partial charge on any atom is 0.326 e. The number of aromatic amines is 1. The molecule has 0 bridgehead atoms. The zero-order valence-corrected chi connectivity index (χ0v) is 29.1. The predicted molar refractivity (Wildman–Crippen MR) is 175 cm³/mol. The number of carboxylic acids is 2. The van der Waals surface area contributed by atoms with Gasteiger partial charge in [0.25, 0.3) is 0 Å². The number of aromatic nitrogens is 4. The summed E-state index contributed by atoms with van der Waals surface area (Å²) in [7, 11) is -3.94. The molecule has 0 aliphatic rings. The van der Waals surface area contributed by atoms with Gasteiger partial charge in [0.1, 0.15) is 17.6 Å². The van der Waals surface area contributed by atoms with Gasteiger partial charge in [0, 0.05) is 71.1 Å². The Balaban J connectivity index is 2.28. The molecule has 3 amide bonds. The average Bonchev–Trinajstić information content (AvgIpc) is 3.56. The molecule has 1 aromatic rings. The minimum atomic E-state index is -3.94. The van der Waals surface area contributed by atoms with Crippen molar-refractivity contribution in [2.75, 3.05) is 25.5 Å². The highest BCUT2D eigenvalue weighted by atomic mass is 32.2. The number of carbonyl (C=O) groups excluding carboxylic acids is 5. The molecular formula is C30H49N7O12S. The van der Waals surface area contributed by atoms with Crippen LogP contribution in [-0.4, -0.2) is 112 Å². The number of carbonyl (C=O) groups is 7. The Morgan fingerprint density at radius 1 is 0.800 bits per heavy atom. The minimum absolute atomic E-state index is 0.0505. The van der Waals surface area contributed by atoms with E-state index in [2.05, 4.69) is 31.3 Å². The van der Waals surface area contributed by atoms with Gasteiger partial charge in [-0.15, -0.1) is 10.2 Å². The lowest BCUT2D eigenvalue weighted by atomic mass is 9.95. The predicted octanol–water partition coefficient (Wildman–Crippen LogP) is 0.211. The van der Waals surface area contributed by atoms with Crippen molar-refractivity contribution in [3.63, 3.8) is 0 Å². The summed E-state index contributed by atoms with van der Waals surface area (Å²) in [5.41, 5.74) is 0. The van der Waals surface area contributed by atoms with Crippen LogP contribution in [0.2, 0.25) is 0 Å². The van der Waals surface area contributed by atoms with E-state index in [1.165, 1.54) is 0 Å². The number of rotatable bonds is 30. The molecule has 1 heterocycles. The van der Waals surface area contributed by atoms with Crippen molar-refractivity contribution >= 4 is 51.2 Å². The standard InChI is InChI=1S/C30H49N7O12S/c1-2-17-49-18-5-8-22(38)13-14-24(30(45)46)32-27(41)15-12-21(29(43)44)20-23(39)7-4-16-31-26(40)11-6-19-50(47,48)35-28(42)10-3-9-25-33-36-37-34-25/h21,24H,2-20H2,1H3,(H,31,40)(H,32,41)(H,35,42)(H,43,44)(H,45,46)(H,33,34,36,37)/t21-,24?/m1/s1. The number of Topliss-reactive ketones (excluding diaryl/α,β-unsaturated/α-hetero) is 2. The summed E-state index contributed by atoms with van der Waals surface area (Å²) in [4.78, 5) is 84.0. The molecule has 1 aromatic heterocycles. The zero-order valence-electron chi connectivity index (χ0n) is 28.3. The van der Waals surface area contributed by atoms with Crippen LogP contribution in [0.1, 0.15) is 103 Å². The second-order valence-corrected chi connectivity index (χ2v) is 13.5. The third-order valence-corrected chi connectivity index (χ3v) is 8.58. The highest BCUT2D eigenvalue weighted by molar-refractivity contribution is 7.90. The second-order valence-electron chi connectivity index (χ2n) is 11.7. The van der Waals surface area contributed by atoms with Gasteiger partial charge < -0.3 is 25.6 Å². The lowest BCUT2D eigenvalue weighted by Gasteiger charge is -2.16. The molecule has 0 aliphatic heterocycles. The first-order valence-corrected chi connectivity index (χ1v) is 18.3. The van der Waals surface area contributed by atoms with Gasteiger partial charge in [-0.2, -0.15) is 5.21 Å². The van der Waals surface area contributed by atoms with Crippen molar-refractivity contribution in [3.8, 4) is 0 Å². The van der Waals surface area contributed by atoms with Gasteiger partial charge in [0.15, 0.2) is 5.82 Å². The summed E-state index contributed by atoms with van der Waals surface area (Å²) in [5.74, 6) is -6.29. The fourth-order valence-corrected chi connectivity index (χ4v) is 5.64. The quantitative estimate of drug-likeness (QED) is 0.0577. The van der Waals surface area contributed by atoms with Crippen molar-refractivity contribution in [3.05, 3.63) is 5.82 Å². The van der Waals surface area contributed by atoms with E-state index in [0.29, 0.717) is 38.3 Å². The number of aliphatic carboxylic acids is 2. The van der Waals surface area contributed by atoms with E-state index in [1.807, 2.05) is 11.6 Å². The number of carboxylic acid groups (broad SMARTS) is 2. The molecule has 0 radical (unpaired) electrons. The fraction of sp³-hybridized carbons (Fsp3) is 0.733. The van der Waals surface area contributed by atoms with Crippen LogP contribution in [-0.2, 0) is 54.7 Å². The van der Waals surface area contributed by atoms with Gasteiger partial charge in [0.05, 0.1) is 11.7 Å². The number of nitrogens with zero attached hydrogens (tertiary/aromatic N) is 3. The van der Waals surface area contributed by atoms with Gasteiger partial charge in [-0.1, -0.05) is 12.1 Å². The Bertz CT molecular complexity index is 1360. The summed E-state index contributed by atoms with van der Waals surface area (Å²) in [6.07, 6.45) is 1.06. The van der Waals surface area contributed by atoms with Gasteiger partial charge in [-0.3, -0.25) is 33.5 Å². The molecule has 0 spiro atoms. The summed E-state index contributed by atoms with van der Waals surface area (Å²) in [5, 5.41) is 36.9. The normalized spacial score (nSPS) is 12.4. The largest absolute Gasteiger partial charge is 0.481 e. The van der Waals surface area contributed by atoms with Crippen LogP contribution in [0.4, 0.5) is 0 Å². The van der Waals surface area contributed by atoms with Gasteiger partial charge in [-0.05, 0) is 44.9 Å². The number of amides is 3. The second kappa shape index (κ2) is 24.7. The number of ether oxygens (including phenoxy) is 1. The van der Waals surface area contributed by atoms with E-state index in [-0.39, 0.29) is 83.0 Å². The average molecular weight is 732 g/mol. The van der Waals surface area contributed by atoms with Crippen molar-refractivity contribution in [2.45, 2.75) is 109 Å². The highest BCUT2D eigenvalue weighted by Gasteiger charge is 2.25. The van der Waals surface area contributed by atoms with Crippen LogP contribution in [0.15, 0.2) is 0 Å². The molecule has 0 aromatic carbocycles. The van der Waals surface area contributed by atoms with E-state index in [4.69, 9.17) is 4.74 Å². The molecule has 0 fully saturated rings. The number of hydrogen-bond donors (Lipinski definition) is 6. The topological polar surface area (TPSA) is 294 Å². The number of aryl methyl sites for hydroxylation is 1. The van der Waals surface area contributed by atoms with Gasteiger partial charge in [-0.25, -0.2) is 13.2 Å². The Morgan fingerprint density at radius 3 is 2.18 bits per heavy atom. The molecule has 19 nitrogen and oxygen atoms in total. The maximum absolute atomic E-state index is 12.4. The fourth-order valence-electron chi connectivity index (χ4n) is 4.56. The number of nitrogens with one attached hydrogen (secondary N) is 4. The Morgan fingerprint density at radius 2 is 1.52 bits per heavy atom. The Hall–Kier alpha value is -4.33. The summed E-state index contributed by atoms with van der Waals surface area (Å²) in [6, 6.07) is -1.32. The minimum Gasteiger partial charge on any atom is -0.481 e. The lowest BCUT2D eigenvalue weighted by molar-refractivity contribution is -0.145. The van der Waals surface area contributed by atoms with Crippen LogP contribution in [0, 0.1) is 5.92 Å². The van der Waals surface area contributed by atoms with Crippen LogP contribution in [0.5, 0.6) is 0 Å². The smallest absolute Gasteiger partial charge is 0.326 e. The van der Waals surface area contributed by atoms with E-state index < -0.39 is 63.2 Å². The first-order valence-electron chi connectivity index (χ1n) is 16.6. The highest BCUT2D eigenvalue weighted by Crippen LogP contribution is 2.15. The molecule has 0 saturated carbocycles. The third kappa shape index (κ3) is 21.6. The van der Waals surface area contributed by atoms with Crippen molar-refractivity contribution < 1.29 is 56.9 Å². The van der Waals surface area contributed by atoms with Crippen LogP contribution in [0.25, 0.3) is 0 Å². The molecular weight excluding hydrogens is 682 g/mol. The van der Waals surface area contributed by atoms with E-state index in [9.17, 15) is 52.2 Å². The summed E-state index contributed by atoms with van der Waals surface area (Å²) in [6.45, 7) is 3.07. The van der Waals surface area contributed by atoms with Crippen molar-refractivity contribution in [1.82, 2.24) is 36.0 Å².